The van der Waals surface area contributed by atoms with Crippen LogP contribution in [0.15, 0.2) is 12.3 Å². The SMILES string of the molecule is Cc1nc(N)sc1C(=O)Nc1cc(C(=O)NCCCN(C)C)n([C@H]2O[C@H](CO)[C@@H](O)[C@H](O)[C@H]2O)c1. The standard InChI is InChI=1S/C21H32N6O7S/c1-10-17(35-21(22)24-10)19(33)25-11-7-12(18(32)23-5-4-6-26(2)3)27(8-11)20-16(31)15(30)14(29)13(9-28)34-20/h7-8,13-16,20,28-31H,4-6,9H2,1-3H3,(H2,22,24)(H,23,32)(H,25,33)/t13-,14-,15+,16-,20+/m1/s1. The molecule has 0 aromatic carbocycles. The summed E-state index contributed by atoms with van der Waals surface area (Å²) < 4.78 is 6.88. The molecule has 2 aromatic rings. The van der Waals surface area contributed by atoms with Gasteiger partial charge in [-0.05, 0) is 40.1 Å². The first-order valence-corrected chi connectivity index (χ1v) is 11.8. The Morgan fingerprint density at radius 2 is 1.94 bits per heavy atom. The molecule has 2 aromatic heterocycles. The maximum atomic E-state index is 13.0. The lowest BCUT2D eigenvalue weighted by molar-refractivity contribution is -0.251. The third-order valence-electron chi connectivity index (χ3n) is 5.57. The zero-order valence-electron chi connectivity index (χ0n) is 19.7. The number of carbonyl (C=O) groups excluding carboxylic acids is 2. The fourth-order valence-electron chi connectivity index (χ4n) is 3.76. The number of anilines is 2. The first kappa shape index (κ1) is 27.0. The van der Waals surface area contributed by atoms with Crippen molar-refractivity contribution in [2.24, 2.45) is 0 Å². The van der Waals surface area contributed by atoms with Crippen LogP contribution in [0.25, 0.3) is 0 Å². The van der Waals surface area contributed by atoms with Gasteiger partial charge in [0.1, 0.15) is 35.0 Å². The Kier molecular flexibility index (Phi) is 8.82. The molecule has 2 amide bonds. The van der Waals surface area contributed by atoms with Crippen molar-refractivity contribution in [1.29, 1.82) is 0 Å². The number of carbonyl (C=O) groups is 2. The van der Waals surface area contributed by atoms with Gasteiger partial charge in [0.05, 0.1) is 18.0 Å². The number of aromatic nitrogens is 2. The zero-order valence-corrected chi connectivity index (χ0v) is 20.5. The Labute approximate surface area is 206 Å². The van der Waals surface area contributed by atoms with Gasteiger partial charge in [-0.15, -0.1) is 0 Å². The average molecular weight is 513 g/mol. The lowest BCUT2D eigenvalue weighted by atomic mass is 9.98. The van der Waals surface area contributed by atoms with Crippen molar-refractivity contribution < 1.29 is 34.8 Å². The molecular formula is C21H32N6O7S. The number of nitrogens with zero attached hydrogens (tertiary/aromatic N) is 3. The van der Waals surface area contributed by atoms with E-state index in [1.54, 1.807) is 6.92 Å². The number of nitrogens with two attached hydrogens (primary N) is 1. The summed E-state index contributed by atoms with van der Waals surface area (Å²) in [7, 11) is 3.83. The van der Waals surface area contributed by atoms with Gasteiger partial charge in [0, 0.05) is 12.7 Å². The van der Waals surface area contributed by atoms with Gasteiger partial charge in [-0.1, -0.05) is 11.3 Å². The highest BCUT2D eigenvalue weighted by Gasteiger charge is 2.45. The van der Waals surface area contributed by atoms with E-state index in [0.29, 0.717) is 23.5 Å². The molecule has 1 aliphatic heterocycles. The number of amides is 2. The zero-order chi connectivity index (χ0) is 25.9. The molecule has 13 nitrogen and oxygen atoms in total. The van der Waals surface area contributed by atoms with E-state index >= 15 is 0 Å². The molecule has 0 spiro atoms. The molecule has 3 heterocycles. The number of hydrogen-bond donors (Lipinski definition) is 7. The minimum atomic E-state index is -1.63. The molecule has 0 bridgehead atoms. The van der Waals surface area contributed by atoms with E-state index in [0.717, 1.165) is 17.9 Å². The van der Waals surface area contributed by atoms with Crippen LogP contribution in [-0.4, -0.2) is 105 Å². The summed E-state index contributed by atoms with van der Waals surface area (Å²) in [5.41, 5.74) is 6.39. The second-order valence-corrected chi connectivity index (χ2v) is 9.60. The third-order valence-corrected chi connectivity index (χ3v) is 6.55. The molecule has 8 N–H and O–H groups in total. The molecule has 0 saturated carbocycles. The van der Waals surface area contributed by atoms with Crippen molar-refractivity contribution in [3.8, 4) is 0 Å². The van der Waals surface area contributed by atoms with Gasteiger partial charge in [-0.25, -0.2) is 4.98 Å². The predicted octanol–water partition coefficient (Wildman–Crippen LogP) is -1.26. The number of hydrogen-bond acceptors (Lipinski definition) is 11. The van der Waals surface area contributed by atoms with Crippen LogP contribution < -0.4 is 16.4 Å². The second kappa shape index (κ2) is 11.4. The fraction of sp³-hybridized carbons (Fsp3) is 0.571. The molecule has 1 saturated heterocycles. The van der Waals surface area contributed by atoms with Gasteiger partial charge in [0.15, 0.2) is 11.4 Å². The Hall–Kier alpha value is -2.59. The summed E-state index contributed by atoms with van der Waals surface area (Å²) in [6.45, 7) is 2.16. The summed E-state index contributed by atoms with van der Waals surface area (Å²) >= 11 is 1.02. The highest BCUT2D eigenvalue weighted by atomic mass is 32.1. The first-order valence-electron chi connectivity index (χ1n) is 11.0. The number of ether oxygens (including phenoxy) is 1. The van der Waals surface area contributed by atoms with Crippen molar-refractivity contribution in [2.45, 2.75) is 44.0 Å². The van der Waals surface area contributed by atoms with Gasteiger partial charge < -0.3 is 51.0 Å². The number of aliphatic hydroxyl groups is 4. The van der Waals surface area contributed by atoms with Crippen LogP contribution in [0.5, 0.6) is 0 Å². The summed E-state index contributed by atoms with van der Waals surface area (Å²) in [6.07, 6.45) is -5.23. The van der Waals surface area contributed by atoms with Crippen LogP contribution in [0.1, 0.15) is 38.5 Å². The van der Waals surface area contributed by atoms with Crippen LogP contribution in [0.3, 0.4) is 0 Å². The molecule has 5 atom stereocenters. The summed E-state index contributed by atoms with van der Waals surface area (Å²) in [6, 6.07) is 1.40. The van der Waals surface area contributed by atoms with Crippen LogP contribution in [0.2, 0.25) is 0 Å². The lowest BCUT2D eigenvalue weighted by Crippen LogP contribution is -2.56. The van der Waals surface area contributed by atoms with Crippen molar-refractivity contribution in [3.63, 3.8) is 0 Å². The topological polar surface area (TPSA) is 195 Å². The largest absolute Gasteiger partial charge is 0.394 e. The highest BCUT2D eigenvalue weighted by molar-refractivity contribution is 7.17. The highest BCUT2D eigenvalue weighted by Crippen LogP contribution is 2.32. The van der Waals surface area contributed by atoms with Crippen molar-refractivity contribution in [3.05, 3.63) is 28.5 Å². The molecule has 0 aliphatic carbocycles. The number of aliphatic hydroxyl groups excluding tert-OH is 4. The van der Waals surface area contributed by atoms with E-state index in [-0.39, 0.29) is 16.5 Å². The van der Waals surface area contributed by atoms with Crippen molar-refractivity contribution >= 4 is 34.0 Å². The monoisotopic (exact) mass is 512 g/mol. The number of aryl methyl sites for hydroxylation is 1. The van der Waals surface area contributed by atoms with E-state index in [1.807, 2.05) is 19.0 Å². The summed E-state index contributed by atoms with van der Waals surface area (Å²) in [5.74, 6) is -0.986. The van der Waals surface area contributed by atoms with Crippen LogP contribution in [-0.2, 0) is 4.74 Å². The maximum absolute atomic E-state index is 13.0. The molecular weight excluding hydrogens is 480 g/mol. The Morgan fingerprint density at radius 3 is 2.54 bits per heavy atom. The molecule has 194 valence electrons. The van der Waals surface area contributed by atoms with Gasteiger partial charge >= 0.3 is 0 Å². The quantitative estimate of drug-likeness (QED) is 0.199. The number of rotatable bonds is 9. The van der Waals surface area contributed by atoms with Gasteiger partial charge in [-0.2, -0.15) is 0 Å². The smallest absolute Gasteiger partial charge is 0.268 e. The van der Waals surface area contributed by atoms with Crippen LogP contribution in [0, 0.1) is 6.92 Å². The van der Waals surface area contributed by atoms with Crippen LogP contribution >= 0.6 is 11.3 Å². The first-order chi connectivity index (χ1) is 16.5. The fourth-order valence-corrected chi connectivity index (χ4v) is 4.48. The van der Waals surface area contributed by atoms with Crippen LogP contribution in [0.4, 0.5) is 10.8 Å². The molecule has 0 radical (unpaired) electrons. The van der Waals surface area contributed by atoms with Gasteiger partial charge in [0.2, 0.25) is 0 Å². The summed E-state index contributed by atoms with van der Waals surface area (Å²) in [5, 5.41) is 46.1. The Morgan fingerprint density at radius 1 is 1.23 bits per heavy atom. The number of thiazole rings is 1. The van der Waals surface area contributed by atoms with Gasteiger partial charge in [-0.3, -0.25) is 9.59 Å². The van der Waals surface area contributed by atoms with E-state index < -0.39 is 49.1 Å². The molecule has 1 fully saturated rings. The van der Waals surface area contributed by atoms with E-state index in [1.165, 1.54) is 16.8 Å². The Bertz CT molecular complexity index is 1040. The molecule has 1 aliphatic rings. The minimum absolute atomic E-state index is 0.0371. The second-order valence-electron chi connectivity index (χ2n) is 8.57. The summed E-state index contributed by atoms with van der Waals surface area (Å²) in [4.78, 5) is 32.1. The van der Waals surface area contributed by atoms with Gasteiger partial charge in [0.25, 0.3) is 11.8 Å². The third kappa shape index (κ3) is 6.16. The number of nitrogens with one attached hydrogen (secondary N) is 2. The van der Waals surface area contributed by atoms with Crippen molar-refractivity contribution in [2.75, 3.05) is 44.8 Å². The maximum Gasteiger partial charge on any atom is 0.268 e. The Balaban J connectivity index is 1.89. The van der Waals surface area contributed by atoms with E-state index in [4.69, 9.17) is 10.5 Å². The average Bonchev–Trinajstić information content (AvgIpc) is 3.37. The van der Waals surface area contributed by atoms with Crippen molar-refractivity contribution in [1.82, 2.24) is 19.8 Å². The predicted molar refractivity (Wildman–Crippen MR) is 128 cm³/mol. The number of nitrogen functional groups attached to an aromatic ring is 1. The minimum Gasteiger partial charge on any atom is -0.394 e. The van der Waals surface area contributed by atoms with E-state index in [2.05, 4.69) is 15.6 Å². The normalized spacial score (nSPS) is 24.5. The molecule has 0 unspecified atom stereocenters. The molecule has 35 heavy (non-hydrogen) atoms. The molecule has 14 heteroatoms. The molecule has 3 rings (SSSR count). The van der Waals surface area contributed by atoms with E-state index in [9.17, 15) is 30.0 Å². The lowest BCUT2D eigenvalue weighted by Gasteiger charge is -2.40.